The molecule has 0 amide bonds. The average molecular weight is 769 g/mol. The summed E-state index contributed by atoms with van der Waals surface area (Å²) in [5, 5.41) is 0. The first-order valence-electron chi connectivity index (χ1n) is 20.4. The summed E-state index contributed by atoms with van der Waals surface area (Å²) in [7, 11) is 0. The van der Waals surface area contributed by atoms with Crippen LogP contribution in [-0.2, 0) is 0 Å². The normalized spacial score (nSPS) is 12.2. The fourth-order valence-corrected chi connectivity index (χ4v) is 7.94. The van der Waals surface area contributed by atoms with Gasteiger partial charge in [0, 0.05) is 27.8 Å². The van der Waals surface area contributed by atoms with Crippen molar-refractivity contribution in [3.05, 3.63) is 224 Å². The zero-order valence-corrected chi connectivity index (χ0v) is 33.0. The van der Waals surface area contributed by atoms with Gasteiger partial charge in [-0.05, 0) is 63.9 Å². The van der Waals surface area contributed by atoms with E-state index in [1.165, 1.54) is 11.1 Å². The Balaban J connectivity index is 0.982. The van der Waals surface area contributed by atoms with Crippen LogP contribution in [0.2, 0.25) is 0 Å². The molecule has 10 rings (SSSR count). The molecule has 0 N–H and O–H groups in total. The van der Waals surface area contributed by atoms with Gasteiger partial charge in [-0.25, -0.2) is 19.9 Å². The maximum absolute atomic E-state index is 5.11. The van der Waals surface area contributed by atoms with Gasteiger partial charge in [0.2, 0.25) is 0 Å². The number of nitrogens with zero attached hydrogens (tertiary/aromatic N) is 4. The highest BCUT2D eigenvalue weighted by molar-refractivity contribution is 5.92. The number of rotatable bonds is 9. The topological polar surface area (TPSA) is 51.6 Å². The molecule has 1 aliphatic rings. The van der Waals surface area contributed by atoms with Crippen LogP contribution >= 0.6 is 0 Å². The average Bonchev–Trinajstić information content (AvgIpc) is 3.35. The first-order chi connectivity index (χ1) is 29.7. The number of aromatic nitrogens is 4. The number of hydrogen-bond donors (Lipinski definition) is 0. The first kappa shape index (κ1) is 36.5. The highest BCUT2D eigenvalue weighted by Crippen LogP contribution is 2.39. The van der Waals surface area contributed by atoms with Gasteiger partial charge >= 0.3 is 0 Å². The molecule has 0 unspecified atom stereocenters. The lowest BCUT2D eigenvalue weighted by molar-refractivity contribution is 1.03. The fourth-order valence-electron chi connectivity index (χ4n) is 7.94. The molecular weight excluding hydrogens is 729 g/mol. The molecule has 60 heavy (non-hydrogen) atoms. The van der Waals surface area contributed by atoms with Gasteiger partial charge < -0.3 is 0 Å². The minimum absolute atomic E-state index is 0.695. The molecule has 4 heteroatoms. The highest BCUT2D eigenvalue weighted by atomic mass is 14.9. The minimum Gasteiger partial charge on any atom is -0.228 e. The Hall–Kier alpha value is -7.82. The van der Waals surface area contributed by atoms with Crippen molar-refractivity contribution in [1.82, 2.24) is 19.9 Å². The van der Waals surface area contributed by atoms with Crippen LogP contribution in [0.3, 0.4) is 0 Å². The van der Waals surface area contributed by atoms with Crippen LogP contribution < -0.4 is 0 Å². The lowest BCUT2D eigenvalue weighted by Crippen LogP contribution is -1.99. The van der Waals surface area contributed by atoms with E-state index in [-0.39, 0.29) is 0 Å². The van der Waals surface area contributed by atoms with Gasteiger partial charge in [0.1, 0.15) is 0 Å². The standard InChI is InChI=1S/C56H40N4/c1-5-17-41(18-6-1)51-37-52(42-19-7-2-8-20-42)58-55(57-51)45-33-29-39(30-34-45)47-25-13-15-27-49(47)50-28-16-14-26-48(50)40-31-35-46(36-32-40)56-59-53(43-21-9-3-10-22-43)38-54(60-56)44-23-11-4-12-24-44/h1-11,13-23,25-38H,12,24H2. The van der Waals surface area contributed by atoms with E-state index in [4.69, 9.17) is 19.9 Å². The Bertz CT molecular complexity index is 2930. The summed E-state index contributed by atoms with van der Waals surface area (Å²) in [6, 6.07) is 69.8. The monoisotopic (exact) mass is 768 g/mol. The summed E-state index contributed by atoms with van der Waals surface area (Å²) in [6.07, 6.45) is 8.50. The molecular formula is C56H40N4. The number of allylic oxidation sites excluding steroid dienone is 4. The van der Waals surface area contributed by atoms with Crippen molar-refractivity contribution in [3.63, 3.8) is 0 Å². The van der Waals surface area contributed by atoms with Gasteiger partial charge in [-0.2, -0.15) is 0 Å². The molecule has 0 bridgehead atoms. The second-order valence-electron chi connectivity index (χ2n) is 14.9. The molecule has 2 heterocycles. The highest BCUT2D eigenvalue weighted by Gasteiger charge is 2.16. The lowest BCUT2D eigenvalue weighted by Gasteiger charge is -2.16. The van der Waals surface area contributed by atoms with E-state index in [1.807, 2.05) is 42.5 Å². The van der Waals surface area contributed by atoms with Crippen LogP contribution in [0.25, 0.3) is 95.5 Å². The third-order valence-electron chi connectivity index (χ3n) is 11.1. The molecule has 0 radical (unpaired) electrons. The van der Waals surface area contributed by atoms with E-state index >= 15 is 0 Å². The van der Waals surface area contributed by atoms with Gasteiger partial charge in [-0.15, -0.1) is 0 Å². The first-order valence-corrected chi connectivity index (χ1v) is 20.4. The summed E-state index contributed by atoms with van der Waals surface area (Å²) in [6.45, 7) is 0. The number of benzene rings is 7. The SMILES string of the molecule is C1=CCCC(c2cc(-c3ccccc3)nc(-c3ccc(-c4ccccc4-c4ccccc4-c4ccc(-c5nc(-c6ccccc6)cc(-c6ccccc6)n5)cc4)cc3)n2)=C1. The zero-order valence-electron chi connectivity index (χ0n) is 33.0. The van der Waals surface area contributed by atoms with Crippen LogP contribution in [0.1, 0.15) is 18.5 Å². The third kappa shape index (κ3) is 7.62. The van der Waals surface area contributed by atoms with E-state index in [0.717, 1.165) is 97.1 Å². The van der Waals surface area contributed by atoms with Crippen molar-refractivity contribution in [2.45, 2.75) is 12.8 Å². The quantitative estimate of drug-likeness (QED) is 0.147. The molecule has 0 saturated heterocycles. The maximum atomic E-state index is 5.11. The Morgan fingerprint density at radius 1 is 0.300 bits per heavy atom. The van der Waals surface area contributed by atoms with Gasteiger partial charge in [0.15, 0.2) is 11.6 Å². The third-order valence-corrected chi connectivity index (χ3v) is 11.1. The Morgan fingerprint density at radius 3 is 1.05 bits per heavy atom. The summed E-state index contributed by atoms with van der Waals surface area (Å²) in [5.74, 6) is 1.42. The van der Waals surface area contributed by atoms with Gasteiger partial charge in [-0.1, -0.05) is 206 Å². The van der Waals surface area contributed by atoms with Crippen LogP contribution in [0.15, 0.2) is 218 Å². The molecule has 1 aliphatic carbocycles. The smallest absolute Gasteiger partial charge is 0.160 e. The van der Waals surface area contributed by atoms with E-state index in [0.29, 0.717) is 5.82 Å². The van der Waals surface area contributed by atoms with Crippen molar-refractivity contribution in [3.8, 4) is 89.9 Å². The largest absolute Gasteiger partial charge is 0.228 e. The van der Waals surface area contributed by atoms with Crippen LogP contribution in [-0.4, -0.2) is 19.9 Å². The second kappa shape index (κ2) is 16.6. The predicted molar refractivity (Wildman–Crippen MR) is 247 cm³/mol. The van der Waals surface area contributed by atoms with E-state index in [2.05, 4.69) is 176 Å². The Kier molecular flexibility index (Phi) is 10.1. The molecule has 0 aliphatic heterocycles. The molecule has 7 aromatic carbocycles. The van der Waals surface area contributed by atoms with Crippen LogP contribution in [0.4, 0.5) is 0 Å². The van der Waals surface area contributed by atoms with E-state index < -0.39 is 0 Å². The van der Waals surface area contributed by atoms with Gasteiger partial charge in [0.05, 0.1) is 22.8 Å². The summed E-state index contributed by atoms with van der Waals surface area (Å²) >= 11 is 0. The summed E-state index contributed by atoms with van der Waals surface area (Å²) < 4.78 is 0. The number of hydrogen-bond acceptors (Lipinski definition) is 4. The summed E-state index contributed by atoms with van der Waals surface area (Å²) in [4.78, 5) is 20.3. The fraction of sp³-hybridized carbons (Fsp3) is 0.0357. The van der Waals surface area contributed by atoms with Crippen LogP contribution in [0.5, 0.6) is 0 Å². The molecule has 2 aromatic heterocycles. The maximum Gasteiger partial charge on any atom is 0.160 e. The second-order valence-corrected chi connectivity index (χ2v) is 14.9. The van der Waals surface area contributed by atoms with Crippen molar-refractivity contribution in [2.24, 2.45) is 0 Å². The van der Waals surface area contributed by atoms with Crippen molar-refractivity contribution in [2.75, 3.05) is 0 Å². The van der Waals surface area contributed by atoms with Crippen LogP contribution in [0, 0.1) is 0 Å². The molecule has 9 aromatic rings. The van der Waals surface area contributed by atoms with E-state index in [1.54, 1.807) is 0 Å². The van der Waals surface area contributed by atoms with Crippen molar-refractivity contribution < 1.29 is 0 Å². The lowest BCUT2D eigenvalue weighted by atomic mass is 9.89. The van der Waals surface area contributed by atoms with Gasteiger partial charge in [-0.3, -0.25) is 0 Å². The van der Waals surface area contributed by atoms with Crippen molar-refractivity contribution in [1.29, 1.82) is 0 Å². The molecule has 0 atom stereocenters. The van der Waals surface area contributed by atoms with E-state index in [9.17, 15) is 0 Å². The summed E-state index contributed by atoms with van der Waals surface area (Å²) in [5.41, 5.74) is 17.0. The molecule has 0 saturated carbocycles. The predicted octanol–water partition coefficient (Wildman–Crippen LogP) is 14.3. The molecule has 0 fully saturated rings. The van der Waals surface area contributed by atoms with Crippen molar-refractivity contribution >= 4 is 5.57 Å². The molecule has 0 spiro atoms. The molecule has 284 valence electrons. The Labute approximate surface area is 351 Å². The zero-order chi connectivity index (χ0) is 40.1. The molecule has 4 nitrogen and oxygen atoms in total. The van der Waals surface area contributed by atoms with Gasteiger partial charge in [0.25, 0.3) is 0 Å². The minimum atomic E-state index is 0.695. The Morgan fingerprint density at radius 2 is 0.650 bits per heavy atom.